The Morgan fingerprint density at radius 1 is 1.07 bits per heavy atom. The minimum Gasteiger partial charge on any atom is -0.463 e. The highest BCUT2D eigenvalue weighted by atomic mass is 19.4. The number of methoxy groups -OCH3 is 1. The number of nitrogens with zero attached hydrogens (tertiary/aromatic N) is 4. The molecule has 0 saturated heterocycles. The van der Waals surface area contributed by atoms with E-state index in [0.29, 0.717) is 6.92 Å². The van der Waals surface area contributed by atoms with Crippen LogP contribution < -0.4 is 4.74 Å². The fourth-order valence-electron chi connectivity index (χ4n) is 2.26. The Kier molecular flexibility index (Phi) is 4.91. The summed E-state index contributed by atoms with van der Waals surface area (Å²) in [6.45, 7) is 0.715. The first-order chi connectivity index (χ1) is 13.0. The van der Waals surface area contributed by atoms with E-state index in [1.54, 1.807) is 0 Å². The van der Waals surface area contributed by atoms with Crippen LogP contribution in [-0.4, -0.2) is 39.0 Å². The standard InChI is InChI=1S/C16H12F6N4O2/c1-8(15(18,19)20)28-13-11(17)5-10(6-23-13)9-3-4-12-24-25-14(26(12)7-9)16(21,22)27-2/h3-8H,1-2H3/t8-/m0/s1. The molecule has 0 aliphatic carbocycles. The molecule has 0 fully saturated rings. The number of aromatic nitrogens is 4. The SMILES string of the molecule is COC(F)(F)c1nnc2ccc(-c3cnc(O[C@@H](C)C(F)(F)F)c(F)c3)cn12. The Morgan fingerprint density at radius 2 is 1.79 bits per heavy atom. The second kappa shape index (κ2) is 6.93. The van der Waals surface area contributed by atoms with Gasteiger partial charge in [-0.3, -0.25) is 4.40 Å². The number of alkyl halides is 5. The second-order valence-corrected chi connectivity index (χ2v) is 5.70. The molecule has 0 aromatic carbocycles. The van der Waals surface area contributed by atoms with Crippen molar-refractivity contribution < 1.29 is 35.8 Å². The van der Waals surface area contributed by atoms with Gasteiger partial charge in [-0.2, -0.15) is 22.0 Å². The van der Waals surface area contributed by atoms with Crippen LogP contribution in [-0.2, 0) is 10.8 Å². The lowest BCUT2D eigenvalue weighted by Gasteiger charge is -2.17. The van der Waals surface area contributed by atoms with Crippen molar-refractivity contribution in [1.29, 1.82) is 0 Å². The van der Waals surface area contributed by atoms with Crippen molar-refractivity contribution in [2.75, 3.05) is 7.11 Å². The summed E-state index contributed by atoms with van der Waals surface area (Å²) in [6.07, 6.45) is -8.40. The summed E-state index contributed by atoms with van der Waals surface area (Å²) < 4.78 is 88.8. The van der Waals surface area contributed by atoms with Crippen LogP contribution in [0.5, 0.6) is 5.88 Å². The van der Waals surface area contributed by atoms with Crippen LogP contribution in [0.2, 0.25) is 0 Å². The first-order valence-electron chi connectivity index (χ1n) is 7.70. The van der Waals surface area contributed by atoms with E-state index in [2.05, 4.69) is 24.7 Å². The Morgan fingerprint density at radius 3 is 2.39 bits per heavy atom. The largest absolute Gasteiger partial charge is 0.463 e. The summed E-state index contributed by atoms with van der Waals surface area (Å²) >= 11 is 0. The number of hydrogen-bond acceptors (Lipinski definition) is 5. The molecule has 0 amide bonds. The lowest BCUT2D eigenvalue weighted by Crippen LogP contribution is -2.31. The maximum Gasteiger partial charge on any atom is 0.425 e. The van der Waals surface area contributed by atoms with Gasteiger partial charge in [-0.15, -0.1) is 10.2 Å². The molecule has 0 spiro atoms. The Hall–Kier alpha value is -2.89. The lowest BCUT2D eigenvalue weighted by molar-refractivity contribution is -0.237. The molecule has 28 heavy (non-hydrogen) atoms. The normalized spacial score (nSPS) is 13.7. The van der Waals surface area contributed by atoms with E-state index in [9.17, 15) is 26.3 Å². The molecule has 0 saturated carbocycles. The summed E-state index contributed by atoms with van der Waals surface area (Å²) in [7, 11) is 0.797. The summed E-state index contributed by atoms with van der Waals surface area (Å²) in [5.74, 6) is -2.76. The molecule has 0 aliphatic rings. The highest BCUT2D eigenvalue weighted by molar-refractivity contribution is 5.64. The van der Waals surface area contributed by atoms with Crippen LogP contribution in [0.25, 0.3) is 16.8 Å². The van der Waals surface area contributed by atoms with E-state index < -0.39 is 35.9 Å². The van der Waals surface area contributed by atoms with Crippen molar-refractivity contribution >= 4 is 5.65 Å². The molecular weight excluding hydrogens is 394 g/mol. The van der Waals surface area contributed by atoms with E-state index in [1.165, 1.54) is 18.3 Å². The highest BCUT2D eigenvalue weighted by Crippen LogP contribution is 2.30. The second-order valence-electron chi connectivity index (χ2n) is 5.70. The number of ether oxygens (including phenoxy) is 2. The van der Waals surface area contributed by atoms with Crippen LogP contribution in [0.1, 0.15) is 12.7 Å². The van der Waals surface area contributed by atoms with Crippen molar-refractivity contribution in [2.24, 2.45) is 0 Å². The average molecular weight is 406 g/mol. The van der Waals surface area contributed by atoms with Crippen molar-refractivity contribution in [3.05, 3.63) is 42.2 Å². The third-order valence-corrected chi connectivity index (χ3v) is 3.81. The van der Waals surface area contributed by atoms with Gasteiger partial charge in [0.05, 0.1) is 0 Å². The summed E-state index contributed by atoms with van der Waals surface area (Å²) in [4.78, 5) is 3.55. The topological polar surface area (TPSA) is 61.5 Å². The molecule has 3 heterocycles. The van der Waals surface area contributed by atoms with Gasteiger partial charge in [-0.05, 0) is 25.1 Å². The maximum atomic E-state index is 14.1. The molecule has 0 aliphatic heterocycles. The molecule has 3 aromatic rings. The zero-order valence-electron chi connectivity index (χ0n) is 14.3. The van der Waals surface area contributed by atoms with Crippen molar-refractivity contribution in [3.8, 4) is 17.0 Å². The van der Waals surface area contributed by atoms with Gasteiger partial charge >= 0.3 is 12.3 Å². The third-order valence-electron chi connectivity index (χ3n) is 3.81. The van der Waals surface area contributed by atoms with Gasteiger partial charge in [-0.1, -0.05) is 0 Å². The predicted octanol–water partition coefficient (Wildman–Crippen LogP) is 3.96. The molecule has 6 nitrogen and oxygen atoms in total. The van der Waals surface area contributed by atoms with Gasteiger partial charge in [-0.25, -0.2) is 9.37 Å². The summed E-state index contributed by atoms with van der Waals surface area (Å²) in [6, 6.07) is 3.67. The first-order valence-corrected chi connectivity index (χ1v) is 7.70. The smallest absolute Gasteiger partial charge is 0.425 e. The van der Waals surface area contributed by atoms with E-state index in [1.807, 2.05) is 0 Å². The number of pyridine rings is 2. The Labute approximate surface area is 153 Å². The molecule has 3 rings (SSSR count). The number of hydrogen-bond donors (Lipinski definition) is 0. The molecule has 3 aromatic heterocycles. The molecule has 0 radical (unpaired) electrons. The number of fused-ring (bicyclic) bond motifs is 1. The van der Waals surface area contributed by atoms with Gasteiger partial charge in [0.1, 0.15) is 0 Å². The maximum absolute atomic E-state index is 14.1. The summed E-state index contributed by atoms with van der Waals surface area (Å²) in [5, 5.41) is 6.97. The molecule has 150 valence electrons. The average Bonchev–Trinajstić information content (AvgIpc) is 3.06. The van der Waals surface area contributed by atoms with E-state index >= 15 is 0 Å². The quantitative estimate of drug-likeness (QED) is 0.601. The van der Waals surface area contributed by atoms with Crippen LogP contribution >= 0.6 is 0 Å². The molecule has 0 bridgehead atoms. The first kappa shape index (κ1) is 19.9. The number of halogens is 6. The van der Waals surface area contributed by atoms with Crippen LogP contribution in [0.4, 0.5) is 26.3 Å². The van der Waals surface area contributed by atoms with Crippen molar-refractivity contribution in [1.82, 2.24) is 19.6 Å². The van der Waals surface area contributed by atoms with Crippen LogP contribution in [0, 0.1) is 5.82 Å². The lowest BCUT2D eigenvalue weighted by atomic mass is 10.1. The molecular formula is C16H12F6N4O2. The minimum absolute atomic E-state index is 0.0860. The molecule has 0 N–H and O–H groups in total. The monoisotopic (exact) mass is 406 g/mol. The van der Waals surface area contributed by atoms with E-state index in [-0.39, 0.29) is 16.8 Å². The zero-order valence-corrected chi connectivity index (χ0v) is 14.3. The van der Waals surface area contributed by atoms with Gasteiger partial charge in [0.15, 0.2) is 17.6 Å². The Bertz CT molecular complexity index is 1000. The predicted molar refractivity (Wildman–Crippen MR) is 83.2 cm³/mol. The van der Waals surface area contributed by atoms with Crippen molar-refractivity contribution in [3.63, 3.8) is 0 Å². The van der Waals surface area contributed by atoms with Gasteiger partial charge < -0.3 is 9.47 Å². The van der Waals surface area contributed by atoms with E-state index in [0.717, 1.165) is 23.8 Å². The fraction of sp³-hybridized carbons (Fsp3) is 0.312. The minimum atomic E-state index is -4.69. The molecule has 0 unspecified atom stereocenters. The fourth-order valence-corrected chi connectivity index (χ4v) is 2.26. The van der Waals surface area contributed by atoms with Crippen LogP contribution in [0.15, 0.2) is 30.6 Å². The van der Waals surface area contributed by atoms with E-state index in [4.69, 9.17) is 0 Å². The van der Waals surface area contributed by atoms with Gasteiger partial charge in [0.2, 0.25) is 5.82 Å². The number of rotatable bonds is 5. The molecule has 1 atom stereocenters. The van der Waals surface area contributed by atoms with Gasteiger partial charge in [0, 0.05) is 30.6 Å². The summed E-state index contributed by atoms with van der Waals surface area (Å²) in [5.41, 5.74) is 0.442. The molecule has 12 heteroatoms. The van der Waals surface area contributed by atoms with Gasteiger partial charge in [0.25, 0.3) is 5.88 Å². The third kappa shape index (κ3) is 3.72. The Balaban J connectivity index is 1.97. The highest BCUT2D eigenvalue weighted by Gasteiger charge is 2.39. The van der Waals surface area contributed by atoms with Crippen molar-refractivity contribution in [2.45, 2.75) is 25.3 Å². The zero-order chi connectivity index (χ0) is 20.7. The van der Waals surface area contributed by atoms with Crippen LogP contribution in [0.3, 0.4) is 0 Å².